The molecule has 5 nitrogen and oxygen atoms in total. The van der Waals surface area contributed by atoms with Gasteiger partial charge in [-0.1, -0.05) is 20.8 Å². The Bertz CT molecular complexity index is 397. The Labute approximate surface area is 165 Å². The first-order valence-electron chi connectivity index (χ1n) is 9.20. The van der Waals surface area contributed by atoms with Crippen LogP contribution in [0.2, 0.25) is 0 Å². The zero-order chi connectivity index (χ0) is 16.9. The summed E-state index contributed by atoms with van der Waals surface area (Å²) in [6.07, 6.45) is 5.25. The lowest BCUT2D eigenvalue weighted by molar-refractivity contribution is -0.0453. The number of nitrogens with one attached hydrogen (secondary N) is 2. The lowest BCUT2D eigenvalue weighted by atomic mass is 9.89. The quantitative estimate of drug-likeness (QED) is 0.383. The fourth-order valence-corrected chi connectivity index (χ4v) is 3.37. The molecule has 2 saturated heterocycles. The summed E-state index contributed by atoms with van der Waals surface area (Å²) >= 11 is 0. The second-order valence-corrected chi connectivity index (χ2v) is 8.34. The topological polar surface area (TPSA) is 48.9 Å². The third-order valence-electron chi connectivity index (χ3n) is 4.89. The van der Waals surface area contributed by atoms with Crippen LogP contribution < -0.4 is 10.6 Å². The minimum atomic E-state index is 0. The van der Waals surface area contributed by atoms with Gasteiger partial charge in [0.05, 0.1) is 12.7 Å². The van der Waals surface area contributed by atoms with Crippen LogP contribution in [0.1, 0.15) is 53.4 Å². The fraction of sp³-hybridized carbons (Fsp3) is 0.944. The van der Waals surface area contributed by atoms with E-state index in [1.807, 2.05) is 7.05 Å². The highest BCUT2D eigenvalue weighted by Gasteiger charge is 2.32. The van der Waals surface area contributed by atoms with Gasteiger partial charge < -0.3 is 15.4 Å². The highest BCUT2D eigenvalue weighted by Crippen LogP contribution is 2.22. The molecule has 2 rings (SSSR count). The van der Waals surface area contributed by atoms with Gasteiger partial charge in [-0.2, -0.15) is 0 Å². The number of morpholine rings is 1. The number of nitrogens with zero attached hydrogens (tertiary/aromatic N) is 2. The maximum Gasteiger partial charge on any atom is 0.191 e. The highest BCUT2D eigenvalue weighted by atomic mass is 127. The molecule has 0 aliphatic carbocycles. The minimum Gasteiger partial charge on any atom is -0.373 e. The van der Waals surface area contributed by atoms with Crippen LogP contribution in [0.25, 0.3) is 0 Å². The second kappa shape index (κ2) is 10.2. The molecule has 0 saturated carbocycles. The number of guanidine groups is 1. The molecule has 2 N–H and O–H groups in total. The Morgan fingerprint density at radius 1 is 1.38 bits per heavy atom. The monoisotopic (exact) mass is 452 g/mol. The molecule has 2 aliphatic rings. The summed E-state index contributed by atoms with van der Waals surface area (Å²) in [5, 5.41) is 6.93. The Kier molecular flexibility index (Phi) is 9.30. The molecule has 2 aliphatic heterocycles. The third kappa shape index (κ3) is 7.44. The Morgan fingerprint density at radius 3 is 2.79 bits per heavy atom. The van der Waals surface area contributed by atoms with E-state index in [1.54, 1.807) is 0 Å². The van der Waals surface area contributed by atoms with Crippen molar-refractivity contribution in [3.8, 4) is 0 Å². The largest absolute Gasteiger partial charge is 0.373 e. The van der Waals surface area contributed by atoms with Gasteiger partial charge in [0.15, 0.2) is 5.96 Å². The second-order valence-electron chi connectivity index (χ2n) is 8.34. The predicted octanol–water partition coefficient (Wildman–Crippen LogP) is 2.85. The van der Waals surface area contributed by atoms with Gasteiger partial charge in [-0.3, -0.25) is 9.89 Å². The van der Waals surface area contributed by atoms with Crippen molar-refractivity contribution in [2.45, 2.75) is 71.6 Å². The molecule has 0 aromatic carbocycles. The standard InChI is InChI=1S/C18H36N4O.HI/c1-14(8-9-18(2,3)4)21-17(19-5)20-11-16-12-22-10-6-7-15(22)13-23-16;/h14-16H,6-13H2,1-5H3,(H2,19,20,21);1H. The number of halogens is 1. The summed E-state index contributed by atoms with van der Waals surface area (Å²) in [6, 6.07) is 1.09. The van der Waals surface area contributed by atoms with E-state index in [-0.39, 0.29) is 30.1 Å². The Hall–Kier alpha value is -0.0800. The van der Waals surface area contributed by atoms with Crippen molar-refractivity contribution in [3.63, 3.8) is 0 Å². The van der Waals surface area contributed by atoms with Crippen LogP contribution in [0.3, 0.4) is 0 Å². The summed E-state index contributed by atoms with van der Waals surface area (Å²) in [6.45, 7) is 13.1. The molecule has 2 heterocycles. The predicted molar refractivity (Wildman–Crippen MR) is 112 cm³/mol. The first-order valence-corrected chi connectivity index (χ1v) is 9.20. The SMILES string of the molecule is CN=C(NCC1CN2CCCC2CO1)NC(C)CCC(C)(C)C.I. The summed E-state index contributed by atoms with van der Waals surface area (Å²) in [7, 11) is 1.84. The molecular formula is C18H37IN4O. The fourth-order valence-electron chi connectivity index (χ4n) is 3.37. The van der Waals surface area contributed by atoms with Gasteiger partial charge in [-0.25, -0.2) is 0 Å². The number of rotatable bonds is 5. The number of hydrogen-bond donors (Lipinski definition) is 2. The van der Waals surface area contributed by atoms with Crippen molar-refractivity contribution in [2.24, 2.45) is 10.4 Å². The molecule has 24 heavy (non-hydrogen) atoms. The molecule has 0 radical (unpaired) electrons. The van der Waals surface area contributed by atoms with Gasteiger partial charge in [-0.15, -0.1) is 24.0 Å². The van der Waals surface area contributed by atoms with E-state index in [1.165, 1.54) is 25.8 Å². The molecule has 6 heteroatoms. The van der Waals surface area contributed by atoms with Crippen LogP contribution in [0.4, 0.5) is 0 Å². The van der Waals surface area contributed by atoms with Crippen LogP contribution in [-0.4, -0.2) is 62.3 Å². The van der Waals surface area contributed by atoms with Crippen molar-refractivity contribution in [2.75, 3.05) is 33.3 Å². The maximum absolute atomic E-state index is 6.00. The van der Waals surface area contributed by atoms with Crippen LogP contribution in [0, 0.1) is 5.41 Å². The lowest BCUT2D eigenvalue weighted by Crippen LogP contribution is -2.52. The average Bonchev–Trinajstić information content (AvgIpc) is 2.96. The van der Waals surface area contributed by atoms with Gasteiger partial charge in [0.25, 0.3) is 0 Å². The summed E-state index contributed by atoms with van der Waals surface area (Å²) < 4.78 is 6.00. The number of fused-ring (bicyclic) bond motifs is 1. The third-order valence-corrected chi connectivity index (χ3v) is 4.89. The number of ether oxygens (including phenoxy) is 1. The minimum absolute atomic E-state index is 0. The molecule has 0 spiro atoms. The zero-order valence-corrected chi connectivity index (χ0v) is 18.4. The molecule has 0 bridgehead atoms. The van der Waals surface area contributed by atoms with Gasteiger partial charge in [0, 0.05) is 32.2 Å². The average molecular weight is 452 g/mol. The molecule has 3 unspecified atom stereocenters. The van der Waals surface area contributed by atoms with E-state index in [4.69, 9.17) is 4.74 Å². The molecule has 0 amide bonds. The van der Waals surface area contributed by atoms with Crippen LogP contribution in [0.5, 0.6) is 0 Å². The molecular weight excluding hydrogens is 415 g/mol. The Balaban J connectivity index is 0.00000288. The molecule has 142 valence electrons. The van der Waals surface area contributed by atoms with Crippen molar-refractivity contribution < 1.29 is 4.74 Å². The summed E-state index contributed by atoms with van der Waals surface area (Å²) in [4.78, 5) is 6.93. The van der Waals surface area contributed by atoms with Crippen molar-refractivity contribution >= 4 is 29.9 Å². The van der Waals surface area contributed by atoms with E-state index in [2.05, 4.69) is 48.2 Å². The summed E-state index contributed by atoms with van der Waals surface area (Å²) in [5.74, 6) is 0.888. The normalized spacial score (nSPS) is 26.5. The van der Waals surface area contributed by atoms with Crippen molar-refractivity contribution in [1.29, 1.82) is 0 Å². The van der Waals surface area contributed by atoms with Crippen LogP contribution in [-0.2, 0) is 4.74 Å². The van der Waals surface area contributed by atoms with Crippen LogP contribution in [0.15, 0.2) is 4.99 Å². The van der Waals surface area contributed by atoms with E-state index >= 15 is 0 Å². The van der Waals surface area contributed by atoms with E-state index in [0.29, 0.717) is 17.5 Å². The highest BCUT2D eigenvalue weighted by molar-refractivity contribution is 14.0. The maximum atomic E-state index is 6.00. The molecule has 2 fully saturated rings. The zero-order valence-electron chi connectivity index (χ0n) is 16.1. The van der Waals surface area contributed by atoms with Crippen LogP contribution >= 0.6 is 24.0 Å². The van der Waals surface area contributed by atoms with E-state index in [9.17, 15) is 0 Å². The first kappa shape index (κ1) is 22.0. The van der Waals surface area contributed by atoms with E-state index < -0.39 is 0 Å². The van der Waals surface area contributed by atoms with Gasteiger partial charge in [0.1, 0.15) is 0 Å². The molecule has 0 aromatic heterocycles. The van der Waals surface area contributed by atoms with E-state index in [0.717, 1.165) is 32.1 Å². The first-order chi connectivity index (χ1) is 10.9. The summed E-state index contributed by atoms with van der Waals surface area (Å²) in [5.41, 5.74) is 0.384. The molecule has 3 atom stereocenters. The van der Waals surface area contributed by atoms with Gasteiger partial charge >= 0.3 is 0 Å². The Morgan fingerprint density at radius 2 is 2.12 bits per heavy atom. The number of hydrogen-bond acceptors (Lipinski definition) is 3. The van der Waals surface area contributed by atoms with Gasteiger partial charge in [0.2, 0.25) is 0 Å². The van der Waals surface area contributed by atoms with Gasteiger partial charge in [-0.05, 0) is 44.6 Å². The smallest absolute Gasteiger partial charge is 0.191 e. The van der Waals surface area contributed by atoms with Crippen molar-refractivity contribution in [3.05, 3.63) is 0 Å². The number of aliphatic imine (C=N–C) groups is 1. The molecule has 0 aromatic rings. The lowest BCUT2D eigenvalue weighted by Gasteiger charge is -2.35. The van der Waals surface area contributed by atoms with Crippen molar-refractivity contribution in [1.82, 2.24) is 15.5 Å².